The maximum atomic E-state index is 15.2. The molecule has 0 amide bonds. The number of ether oxygens (including phenoxy) is 1. The van der Waals surface area contributed by atoms with Gasteiger partial charge in [0.1, 0.15) is 39.0 Å². The Morgan fingerprint density at radius 2 is 1.64 bits per heavy atom. The van der Waals surface area contributed by atoms with Crippen molar-refractivity contribution in [3.05, 3.63) is 98.7 Å². The molecule has 0 aliphatic carbocycles. The molecule has 0 atom stereocenters. The Hall–Kier alpha value is -3.10. The topological polar surface area (TPSA) is 88.2 Å². The zero-order valence-electron chi connectivity index (χ0n) is 25.8. The number of thioether (sulfide) groups is 1. The average molecular weight is 682 g/mol. The lowest BCUT2D eigenvalue weighted by Gasteiger charge is -2.26. The van der Waals surface area contributed by atoms with Gasteiger partial charge in [-0.15, -0.1) is 16.7 Å². The van der Waals surface area contributed by atoms with Crippen LogP contribution in [0.2, 0.25) is 5.02 Å². The van der Waals surface area contributed by atoms with Crippen molar-refractivity contribution >= 4 is 33.4 Å². The van der Waals surface area contributed by atoms with Crippen LogP contribution in [0.3, 0.4) is 0 Å². The van der Waals surface area contributed by atoms with Crippen molar-refractivity contribution in [3.63, 3.8) is 0 Å². The Morgan fingerprint density at radius 1 is 1.00 bits per heavy atom. The first-order valence-electron chi connectivity index (χ1n) is 13.9. The first-order chi connectivity index (χ1) is 21.0. The standard InChI is InChI=1S/C31H35ClF3N5O3S2/c1-31(2,20-8-13-25(32)28(16-20)43-6)29-37-38-30(39(29)22-11-9-21(33)10-12-22)44-19-24-26(34)17-23(18-27(24)35)45(41,42)36-14-7-15-40(3,4)5/h8-13,16-18H,7,14-15,19H2,1-6H3. The number of methoxy groups -OCH3 is 1. The largest absolute Gasteiger partial charge is 0.545 e. The van der Waals surface area contributed by atoms with Gasteiger partial charge in [0.15, 0.2) is 5.16 Å². The lowest BCUT2D eigenvalue weighted by molar-refractivity contribution is -0.870. The summed E-state index contributed by atoms with van der Waals surface area (Å²) >= 11 is 7.24. The van der Waals surface area contributed by atoms with Gasteiger partial charge in [0.25, 0.3) is 0 Å². The van der Waals surface area contributed by atoms with Crippen molar-refractivity contribution in [3.8, 4) is 11.4 Å². The van der Waals surface area contributed by atoms with Crippen LogP contribution in [0.5, 0.6) is 5.75 Å². The Morgan fingerprint density at radius 3 is 2.24 bits per heavy atom. The Labute approximate surface area is 271 Å². The summed E-state index contributed by atoms with van der Waals surface area (Å²) in [4.78, 5) is -0.548. The molecule has 14 heteroatoms. The number of hydrogen-bond acceptors (Lipinski definition) is 6. The van der Waals surface area contributed by atoms with Crippen LogP contribution in [0.1, 0.15) is 37.2 Å². The van der Waals surface area contributed by atoms with Crippen LogP contribution in [0.15, 0.2) is 64.6 Å². The highest BCUT2D eigenvalue weighted by atomic mass is 35.5. The molecule has 3 aromatic carbocycles. The Bertz CT molecular complexity index is 1750. The van der Waals surface area contributed by atoms with Crippen molar-refractivity contribution in [1.82, 2.24) is 14.8 Å². The zero-order chi connectivity index (χ0) is 33.2. The highest BCUT2D eigenvalue weighted by Crippen LogP contribution is 2.38. The van der Waals surface area contributed by atoms with Gasteiger partial charge in [0.2, 0.25) is 0 Å². The molecule has 0 radical (unpaired) electrons. The molecule has 0 saturated carbocycles. The zero-order valence-corrected chi connectivity index (χ0v) is 28.2. The number of nitrogens with zero attached hydrogens (tertiary/aromatic N) is 5. The summed E-state index contributed by atoms with van der Waals surface area (Å²) in [5, 5.41) is 9.48. The third kappa shape index (κ3) is 8.20. The molecular weight excluding hydrogens is 647 g/mol. The highest BCUT2D eigenvalue weighted by Gasteiger charge is 2.32. The number of rotatable bonds is 13. The maximum Gasteiger partial charge on any atom is 0.196 e. The number of hydrogen-bond donors (Lipinski definition) is 0. The molecule has 242 valence electrons. The van der Waals surface area contributed by atoms with Crippen molar-refractivity contribution < 1.29 is 30.8 Å². The summed E-state index contributed by atoms with van der Waals surface area (Å²) in [6.45, 7) is 4.53. The van der Waals surface area contributed by atoms with Crippen molar-refractivity contribution in [2.45, 2.75) is 41.5 Å². The van der Waals surface area contributed by atoms with Gasteiger partial charge in [-0.2, -0.15) is 0 Å². The minimum Gasteiger partial charge on any atom is -0.545 e. The molecule has 1 aromatic heterocycles. The molecule has 0 N–H and O–H groups in total. The van der Waals surface area contributed by atoms with Gasteiger partial charge < -0.3 is 13.9 Å². The normalized spacial score (nSPS) is 12.5. The SMILES string of the molecule is COc1cc(C(C)(C)c2nnc(SCc3c(F)cc(S(=O)(=O)[N-]CCC[N+](C)(C)C)cc3F)n2-c2ccc(F)cc2)ccc1Cl. The fraction of sp³-hybridized carbons (Fsp3) is 0.355. The molecule has 0 spiro atoms. The predicted octanol–water partition coefficient (Wildman–Crippen LogP) is 7.12. The molecule has 0 fully saturated rings. The van der Waals surface area contributed by atoms with Gasteiger partial charge in [0.05, 0.1) is 50.1 Å². The minimum atomic E-state index is -4.24. The van der Waals surface area contributed by atoms with Gasteiger partial charge in [0, 0.05) is 17.0 Å². The van der Waals surface area contributed by atoms with E-state index in [1.54, 1.807) is 28.8 Å². The Kier molecular flexibility index (Phi) is 10.6. The molecule has 0 unspecified atom stereocenters. The first kappa shape index (κ1) is 34.8. The fourth-order valence-electron chi connectivity index (χ4n) is 4.58. The first-order valence-corrected chi connectivity index (χ1v) is 16.7. The smallest absolute Gasteiger partial charge is 0.196 e. The van der Waals surface area contributed by atoms with E-state index in [1.807, 2.05) is 41.1 Å². The number of halogens is 4. The molecule has 8 nitrogen and oxygen atoms in total. The summed E-state index contributed by atoms with van der Waals surface area (Å²) in [6, 6.07) is 12.6. The van der Waals surface area contributed by atoms with E-state index in [0.717, 1.165) is 29.5 Å². The van der Waals surface area contributed by atoms with E-state index in [2.05, 4.69) is 14.9 Å². The second-order valence-corrected chi connectivity index (χ2v) is 15.0. The predicted molar refractivity (Wildman–Crippen MR) is 170 cm³/mol. The summed E-state index contributed by atoms with van der Waals surface area (Å²) < 4.78 is 81.0. The lowest BCUT2D eigenvalue weighted by atomic mass is 9.83. The van der Waals surface area contributed by atoms with Crippen LogP contribution in [0, 0.1) is 17.5 Å². The quantitative estimate of drug-likeness (QED) is 0.0848. The number of benzene rings is 3. The van der Waals surface area contributed by atoms with Crippen LogP contribution < -0.4 is 4.74 Å². The second kappa shape index (κ2) is 13.7. The van der Waals surface area contributed by atoms with Crippen molar-refractivity contribution in [2.24, 2.45) is 0 Å². The molecule has 4 aromatic rings. The van der Waals surface area contributed by atoms with E-state index in [-0.39, 0.29) is 23.0 Å². The van der Waals surface area contributed by atoms with Crippen LogP contribution in [0.4, 0.5) is 13.2 Å². The summed E-state index contributed by atoms with van der Waals surface area (Å²) in [5.41, 5.74) is 0.218. The summed E-state index contributed by atoms with van der Waals surface area (Å²) in [7, 11) is 3.17. The second-order valence-electron chi connectivity index (χ2n) is 11.9. The minimum absolute atomic E-state index is 0.0131. The number of aromatic nitrogens is 3. The lowest BCUT2D eigenvalue weighted by Crippen LogP contribution is -2.35. The van der Waals surface area contributed by atoms with Crippen LogP contribution in [-0.4, -0.2) is 69.0 Å². The van der Waals surface area contributed by atoms with E-state index in [1.165, 1.54) is 19.2 Å². The van der Waals surface area contributed by atoms with Crippen molar-refractivity contribution in [2.75, 3.05) is 41.3 Å². The maximum absolute atomic E-state index is 15.2. The van der Waals surface area contributed by atoms with Gasteiger partial charge in [-0.3, -0.25) is 4.57 Å². The molecule has 4 rings (SSSR count). The summed E-state index contributed by atoms with van der Waals surface area (Å²) in [6.07, 6.45) is 0.502. The van der Waals surface area contributed by atoms with E-state index in [9.17, 15) is 12.8 Å². The molecular formula is C31H35ClF3N5O3S2. The number of quaternary nitrogens is 1. The molecule has 45 heavy (non-hydrogen) atoms. The molecule has 0 aliphatic heterocycles. The highest BCUT2D eigenvalue weighted by molar-refractivity contribution is 7.98. The van der Waals surface area contributed by atoms with Crippen LogP contribution in [-0.2, 0) is 21.2 Å². The van der Waals surface area contributed by atoms with Crippen LogP contribution >= 0.6 is 23.4 Å². The average Bonchev–Trinajstić information content (AvgIpc) is 3.39. The van der Waals surface area contributed by atoms with Gasteiger partial charge in [-0.05, 0) is 74.4 Å². The molecule has 0 saturated heterocycles. The van der Waals surface area contributed by atoms with E-state index in [4.69, 9.17) is 16.3 Å². The van der Waals surface area contributed by atoms with Gasteiger partial charge >= 0.3 is 0 Å². The third-order valence-corrected chi connectivity index (χ3v) is 9.78. The fourth-order valence-corrected chi connectivity index (χ4v) is 6.76. The van der Waals surface area contributed by atoms with Gasteiger partial charge in [-0.25, -0.2) is 21.6 Å². The van der Waals surface area contributed by atoms with E-state index < -0.39 is 37.8 Å². The summed E-state index contributed by atoms with van der Waals surface area (Å²) in [5.74, 6) is -1.78. The number of sulfonamides is 1. The monoisotopic (exact) mass is 681 g/mol. The Balaban J connectivity index is 1.64. The van der Waals surface area contributed by atoms with Crippen molar-refractivity contribution in [1.29, 1.82) is 0 Å². The third-order valence-electron chi connectivity index (χ3n) is 7.16. The molecule has 0 bridgehead atoms. The molecule has 1 heterocycles. The van der Waals surface area contributed by atoms with Gasteiger partial charge in [-0.1, -0.05) is 29.4 Å². The van der Waals surface area contributed by atoms with E-state index in [0.29, 0.717) is 39.7 Å². The molecule has 0 aliphatic rings. The van der Waals surface area contributed by atoms with E-state index >= 15 is 8.78 Å². The van der Waals surface area contributed by atoms with Crippen LogP contribution in [0.25, 0.3) is 10.4 Å².